The van der Waals surface area contributed by atoms with Crippen LogP contribution in [-0.2, 0) is 0 Å². The lowest BCUT2D eigenvalue weighted by atomic mass is 10.4. The molecule has 0 spiro atoms. The van der Waals surface area contributed by atoms with Crippen molar-refractivity contribution in [2.75, 3.05) is 23.0 Å². The van der Waals surface area contributed by atoms with E-state index in [0.29, 0.717) is 9.16 Å². The molecule has 1 saturated heterocycles. The van der Waals surface area contributed by atoms with Crippen LogP contribution >= 0.6 is 73.2 Å². The van der Waals surface area contributed by atoms with Gasteiger partial charge in [-0.2, -0.15) is 37.9 Å². The SMILES string of the molecule is SCC(CS)SC1SCCC(CS)S1. The first kappa shape index (κ1) is 14.2. The van der Waals surface area contributed by atoms with Gasteiger partial charge >= 0.3 is 0 Å². The molecule has 0 bridgehead atoms. The molecule has 0 aromatic heterocycles. The van der Waals surface area contributed by atoms with E-state index in [1.807, 2.05) is 11.8 Å². The summed E-state index contributed by atoms with van der Waals surface area (Å²) >= 11 is 19.2. The molecule has 1 heterocycles. The summed E-state index contributed by atoms with van der Waals surface area (Å²) in [5.74, 6) is 4.14. The fourth-order valence-corrected chi connectivity index (χ4v) is 7.74. The normalized spacial score (nSPS) is 28.3. The lowest BCUT2D eigenvalue weighted by Crippen LogP contribution is -2.19. The van der Waals surface area contributed by atoms with Crippen molar-refractivity contribution in [3.05, 3.63) is 0 Å². The van der Waals surface area contributed by atoms with Crippen molar-refractivity contribution in [3.63, 3.8) is 0 Å². The summed E-state index contributed by atoms with van der Waals surface area (Å²) in [5, 5.41) is 1.34. The highest BCUT2D eigenvalue weighted by molar-refractivity contribution is 8.33. The zero-order chi connectivity index (χ0) is 10.4. The van der Waals surface area contributed by atoms with Crippen molar-refractivity contribution in [2.24, 2.45) is 0 Å². The quantitative estimate of drug-likeness (QED) is 0.667. The van der Waals surface area contributed by atoms with E-state index < -0.39 is 0 Å². The molecule has 1 aliphatic rings. The smallest absolute Gasteiger partial charge is 0.0962 e. The van der Waals surface area contributed by atoms with E-state index in [1.54, 1.807) is 0 Å². The second-order valence-electron chi connectivity index (χ2n) is 3.01. The van der Waals surface area contributed by atoms with Gasteiger partial charge in [-0.15, -0.1) is 35.3 Å². The zero-order valence-corrected chi connectivity index (χ0v) is 13.0. The highest BCUT2D eigenvalue weighted by Gasteiger charge is 2.24. The zero-order valence-electron chi connectivity index (χ0n) is 7.83. The average Bonchev–Trinajstić information content (AvgIpc) is 2.26. The fourth-order valence-electron chi connectivity index (χ4n) is 1.07. The van der Waals surface area contributed by atoms with Crippen LogP contribution in [0.4, 0.5) is 0 Å². The fraction of sp³-hybridized carbons (Fsp3) is 1.00. The monoisotopic (exact) mass is 304 g/mol. The number of hydrogen-bond acceptors (Lipinski definition) is 6. The van der Waals surface area contributed by atoms with Gasteiger partial charge in [0.05, 0.1) is 3.91 Å². The van der Waals surface area contributed by atoms with Crippen LogP contribution in [0.1, 0.15) is 6.42 Å². The molecule has 84 valence electrons. The first-order chi connectivity index (χ1) is 6.80. The van der Waals surface area contributed by atoms with Gasteiger partial charge in [0.1, 0.15) is 0 Å². The molecule has 14 heavy (non-hydrogen) atoms. The van der Waals surface area contributed by atoms with Crippen LogP contribution in [0.5, 0.6) is 0 Å². The molecular weight excluding hydrogens is 288 g/mol. The lowest BCUT2D eigenvalue weighted by Gasteiger charge is -2.28. The third-order valence-corrected chi connectivity index (χ3v) is 8.82. The Balaban J connectivity index is 2.29. The maximum absolute atomic E-state index is 4.37. The Hall–Kier alpha value is 2.10. The third kappa shape index (κ3) is 4.95. The van der Waals surface area contributed by atoms with E-state index in [1.165, 1.54) is 12.2 Å². The van der Waals surface area contributed by atoms with Crippen LogP contribution in [0.3, 0.4) is 0 Å². The Bertz CT molecular complexity index is 149. The van der Waals surface area contributed by atoms with Crippen LogP contribution in [0.2, 0.25) is 0 Å². The highest BCUT2D eigenvalue weighted by Crippen LogP contribution is 2.44. The molecule has 0 aromatic rings. The van der Waals surface area contributed by atoms with Crippen molar-refractivity contribution in [1.29, 1.82) is 0 Å². The second-order valence-corrected chi connectivity index (χ2v) is 9.04. The summed E-state index contributed by atoms with van der Waals surface area (Å²) in [5.41, 5.74) is 0. The number of thioether (sulfide) groups is 3. The first-order valence-electron chi connectivity index (χ1n) is 4.55. The van der Waals surface area contributed by atoms with Gasteiger partial charge in [-0.3, -0.25) is 0 Å². The van der Waals surface area contributed by atoms with Gasteiger partial charge in [0, 0.05) is 27.8 Å². The van der Waals surface area contributed by atoms with Gasteiger partial charge in [0.2, 0.25) is 0 Å². The van der Waals surface area contributed by atoms with Crippen molar-refractivity contribution >= 4 is 73.2 Å². The molecule has 0 aromatic carbocycles. The molecular formula is C8H16S6. The Morgan fingerprint density at radius 2 is 2.00 bits per heavy atom. The first-order valence-corrected chi connectivity index (χ1v) is 9.38. The molecule has 0 aliphatic carbocycles. The Labute approximate surface area is 116 Å². The van der Waals surface area contributed by atoms with E-state index >= 15 is 0 Å². The van der Waals surface area contributed by atoms with Gasteiger partial charge in [-0.05, 0) is 12.2 Å². The minimum absolute atomic E-state index is 0.588. The number of rotatable bonds is 5. The van der Waals surface area contributed by atoms with Gasteiger partial charge in [-0.25, -0.2) is 0 Å². The Kier molecular flexibility index (Phi) is 8.32. The Morgan fingerprint density at radius 3 is 2.57 bits per heavy atom. The summed E-state index contributed by atoms with van der Waals surface area (Å²) in [4.78, 5) is 0. The molecule has 0 nitrogen and oxygen atoms in total. The van der Waals surface area contributed by atoms with Crippen molar-refractivity contribution < 1.29 is 0 Å². The van der Waals surface area contributed by atoms with E-state index in [0.717, 1.165) is 22.5 Å². The van der Waals surface area contributed by atoms with E-state index in [-0.39, 0.29) is 0 Å². The van der Waals surface area contributed by atoms with Gasteiger partial charge in [-0.1, -0.05) is 0 Å². The summed E-state index contributed by atoms with van der Waals surface area (Å²) in [6, 6.07) is 0. The van der Waals surface area contributed by atoms with Gasteiger partial charge in [0.15, 0.2) is 0 Å². The maximum Gasteiger partial charge on any atom is 0.0962 e. The average molecular weight is 305 g/mol. The van der Waals surface area contributed by atoms with Crippen LogP contribution in [0.15, 0.2) is 0 Å². The minimum Gasteiger partial charge on any atom is -0.178 e. The van der Waals surface area contributed by atoms with Gasteiger partial charge < -0.3 is 0 Å². The Morgan fingerprint density at radius 1 is 1.29 bits per heavy atom. The molecule has 0 radical (unpaired) electrons. The second kappa shape index (κ2) is 8.23. The molecule has 2 unspecified atom stereocenters. The summed E-state index contributed by atoms with van der Waals surface area (Å²) in [6.45, 7) is 0. The molecule has 6 heteroatoms. The predicted octanol–water partition coefficient (Wildman–Crippen LogP) is 3.40. The summed E-state index contributed by atoms with van der Waals surface area (Å²) < 4.78 is 0.671. The molecule has 1 aliphatic heterocycles. The molecule has 1 fully saturated rings. The summed E-state index contributed by atoms with van der Waals surface area (Å²) in [6.07, 6.45) is 1.31. The van der Waals surface area contributed by atoms with E-state index in [2.05, 4.69) is 61.4 Å². The number of thiol groups is 3. The molecule has 0 amide bonds. The molecule has 1 rings (SSSR count). The minimum atomic E-state index is 0.588. The standard InChI is InChI=1S/C8H16S6/c9-3-6-1-2-12-8(13-6)14-7(4-10)5-11/h6-11H,1-5H2. The largest absolute Gasteiger partial charge is 0.178 e. The van der Waals surface area contributed by atoms with E-state index in [4.69, 9.17) is 0 Å². The lowest BCUT2D eigenvalue weighted by molar-refractivity contribution is 0.925. The molecule has 2 atom stereocenters. The summed E-state index contributed by atoms with van der Waals surface area (Å²) in [7, 11) is 0. The van der Waals surface area contributed by atoms with Gasteiger partial charge in [0.25, 0.3) is 0 Å². The number of hydrogen-bond donors (Lipinski definition) is 3. The molecule has 0 N–H and O–H groups in total. The van der Waals surface area contributed by atoms with Crippen molar-refractivity contribution in [1.82, 2.24) is 0 Å². The predicted molar refractivity (Wildman–Crippen MR) is 85.2 cm³/mol. The van der Waals surface area contributed by atoms with Crippen molar-refractivity contribution in [2.45, 2.75) is 20.8 Å². The van der Waals surface area contributed by atoms with Crippen LogP contribution < -0.4 is 0 Å². The molecule has 0 saturated carbocycles. The van der Waals surface area contributed by atoms with Crippen LogP contribution in [0, 0.1) is 0 Å². The highest BCUT2D eigenvalue weighted by atomic mass is 32.3. The van der Waals surface area contributed by atoms with E-state index in [9.17, 15) is 0 Å². The van der Waals surface area contributed by atoms with Crippen LogP contribution in [-0.4, -0.2) is 37.4 Å². The topological polar surface area (TPSA) is 0 Å². The third-order valence-electron chi connectivity index (χ3n) is 1.91. The van der Waals surface area contributed by atoms with Crippen LogP contribution in [0.25, 0.3) is 0 Å². The maximum atomic E-state index is 4.37. The van der Waals surface area contributed by atoms with Crippen molar-refractivity contribution in [3.8, 4) is 0 Å².